The van der Waals surface area contributed by atoms with E-state index in [1.807, 2.05) is 0 Å². The van der Waals surface area contributed by atoms with Gasteiger partial charge in [0.2, 0.25) is 0 Å². The van der Waals surface area contributed by atoms with Crippen LogP contribution in [-0.4, -0.2) is 13.9 Å². The van der Waals surface area contributed by atoms with Crippen molar-refractivity contribution in [3.8, 4) is 0 Å². The molecule has 18 heavy (non-hydrogen) atoms. The van der Waals surface area contributed by atoms with E-state index in [4.69, 9.17) is 0 Å². The van der Waals surface area contributed by atoms with Crippen LogP contribution in [0.3, 0.4) is 0 Å². The fraction of sp³-hybridized carbons (Fsp3) is 0.938. The second kappa shape index (κ2) is 5.90. The van der Waals surface area contributed by atoms with E-state index < -0.39 is 8.07 Å². The third kappa shape index (κ3) is 3.46. The number of Topliss-reactive ketones (excluding diaryl/α,β-unsaturated/α-hetero) is 1. The number of ketones is 1. The zero-order chi connectivity index (χ0) is 14.0. The Kier molecular flexibility index (Phi) is 5.22. The molecule has 2 atom stereocenters. The quantitative estimate of drug-likeness (QED) is 0.608. The Morgan fingerprint density at radius 1 is 1.33 bits per heavy atom. The normalized spacial score (nSPS) is 23.4. The predicted octanol–water partition coefficient (Wildman–Crippen LogP) is 5.42. The maximum Gasteiger partial charge on any atom is 0.133 e. The molecule has 0 aliphatic heterocycles. The Balaban J connectivity index is 2.87. The molecule has 0 radical (unpaired) electrons. The van der Waals surface area contributed by atoms with Crippen LogP contribution < -0.4 is 0 Å². The Bertz CT molecular complexity index is 288. The molecular formula is C16H32OSi. The van der Waals surface area contributed by atoms with Crippen molar-refractivity contribution in [3.05, 3.63) is 0 Å². The van der Waals surface area contributed by atoms with Gasteiger partial charge in [0, 0.05) is 12.8 Å². The van der Waals surface area contributed by atoms with Gasteiger partial charge in [0.25, 0.3) is 0 Å². The van der Waals surface area contributed by atoms with E-state index in [1.165, 1.54) is 25.7 Å². The van der Waals surface area contributed by atoms with Gasteiger partial charge in [-0.1, -0.05) is 60.1 Å². The van der Waals surface area contributed by atoms with Crippen LogP contribution in [0, 0.1) is 5.92 Å². The highest BCUT2D eigenvalue weighted by atomic mass is 28.3. The lowest BCUT2D eigenvalue weighted by molar-refractivity contribution is -0.117. The van der Waals surface area contributed by atoms with Gasteiger partial charge in [-0.25, -0.2) is 0 Å². The molecular weight excluding hydrogens is 236 g/mol. The summed E-state index contributed by atoms with van der Waals surface area (Å²) in [5, 5.41) is 0.442. The molecule has 1 saturated carbocycles. The molecule has 0 aromatic rings. The molecule has 1 fully saturated rings. The summed E-state index contributed by atoms with van der Waals surface area (Å²) in [5.41, 5.74) is 0.837. The van der Waals surface area contributed by atoms with Crippen molar-refractivity contribution in [1.82, 2.24) is 0 Å². The van der Waals surface area contributed by atoms with Crippen molar-refractivity contribution in [1.29, 1.82) is 0 Å². The van der Waals surface area contributed by atoms with Crippen LogP contribution in [0.1, 0.15) is 66.2 Å². The first-order valence-electron chi connectivity index (χ1n) is 7.72. The van der Waals surface area contributed by atoms with Gasteiger partial charge in [0.1, 0.15) is 5.78 Å². The molecule has 0 N–H and O–H groups in total. The molecule has 2 unspecified atom stereocenters. The fourth-order valence-electron chi connectivity index (χ4n) is 3.35. The molecule has 0 bridgehead atoms. The topological polar surface area (TPSA) is 17.1 Å². The smallest absolute Gasteiger partial charge is 0.133 e. The molecule has 0 aromatic heterocycles. The highest BCUT2D eigenvalue weighted by molar-refractivity contribution is 6.81. The lowest BCUT2D eigenvalue weighted by Gasteiger charge is -2.46. The molecule has 1 aliphatic rings. The van der Waals surface area contributed by atoms with Crippen LogP contribution in [0.4, 0.5) is 0 Å². The Morgan fingerprint density at radius 2 is 1.94 bits per heavy atom. The molecule has 1 aliphatic carbocycles. The molecule has 0 aromatic carbocycles. The summed E-state index contributed by atoms with van der Waals surface area (Å²) in [6.07, 6.45) is 6.86. The van der Waals surface area contributed by atoms with E-state index in [2.05, 4.69) is 40.8 Å². The van der Waals surface area contributed by atoms with Gasteiger partial charge in [-0.05, 0) is 22.9 Å². The van der Waals surface area contributed by atoms with Gasteiger partial charge in [0.15, 0.2) is 0 Å². The van der Waals surface area contributed by atoms with Crippen molar-refractivity contribution in [2.45, 2.75) is 89.9 Å². The van der Waals surface area contributed by atoms with Gasteiger partial charge in [-0.3, -0.25) is 4.79 Å². The summed E-state index contributed by atoms with van der Waals surface area (Å²) >= 11 is 0. The van der Waals surface area contributed by atoms with Crippen LogP contribution in [0.5, 0.6) is 0 Å². The number of hydrogen-bond acceptors (Lipinski definition) is 1. The summed E-state index contributed by atoms with van der Waals surface area (Å²) in [4.78, 5) is 11.6. The summed E-state index contributed by atoms with van der Waals surface area (Å²) in [6.45, 7) is 14.6. The van der Waals surface area contributed by atoms with Crippen molar-refractivity contribution in [2.75, 3.05) is 0 Å². The van der Waals surface area contributed by atoms with E-state index in [-0.39, 0.29) is 0 Å². The Hall–Kier alpha value is -0.113. The molecule has 2 heteroatoms. The fourth-order valence-corrected chi connectivity index (χ4v) is 6.85. The first-order valence-corrected chi connectivity index (χ1v) is 10.8. The maximum atomic E-state index is 11.6. The first-order chi connectivity index (χ1) is 8.20. The minimum Gasteiger partial charge on any atom is -0.300 e. The average Bonchev–Trinajstić information content (AvgIpc) is 2.63. The van der Waals surface area contributed by atoms with E-state index >= 15 is 0 Å². The zero-order valence-electron chi connectivity index (χ0n) is 13.3. The van der Waals surface area contributed by atoms with Gasteiger partial charge in [-0.2, -0.15) is 0 Å². The van der Waals surface area contributed by atoms with Crippen molar-refractivity contribution in [2.24, 2.45) is 5.92 Å². The predicted molar refractivity (Wildman–Crippen MR) is 82.8 cm³/mol. The monoisotopic (exact) mass is 268 g/mol. The standard InChI is InChI=1S/C16H32OSi/c1-7-8-9-15(13-10-11-14(17)12-13)18(5,6)16(2,3)4/h13,15H,7-12H2,1-6H3. The summed E-state index contributed by atoms with van der Waals surface area (Å²) < 4.78 is 0. The summed E-state index contributed by atoms with van der Waals surface area (Å²) in [6, 6.07) is 0. The Morgan fingerprint density at radius 3 is 2.33 bits per heavy atom. The highest BCUT2D eigenvalue weighted by Gasteiger charge is 2.46. The van der Waals surface area contributed by atoms with Gasteiger partial charge < -0.3 is 0 Å². The number of carbonyl (C=O) groups is 1. The van der Waals surface area contributed by atoms with E-state index in [9.17, 15) is 4.79 Å². The molecule has 106 valence electrons. The third-order valence-corrected chi connectivity index (χ3v) is 12.1. The lowest BCUT2D eigenvalue weighted by Crippen LogP contribution is -2.44. The van der Waals surface area contributed by atoms with Gasteiger partial charge >= 0.3 is 0 Å². The molecule has 0 saturated heterocycles. The number of unbranched alkanes of at least 4 members (excludes halogenated alkanes) is 1. The third-order valence-electron chi connectivity index (χ3n) is 5.58. The largest absolute Gasteiger partial charge is 0.300 e. The molecule has 0 spiro atoms. The molecule has 1 rings (SSSR count). The van der Waals surface area contributed by atoms with E-state index in [0.29, 0.717) is 16.7 Å². The van der Waals surface area contributed by atoms with Crippen LogP contribution in [0.2, 0.25) is 23.7 Å². The van der Waals surface area contributed by atoms with E-state index in [1.54, 1.807) is 0 Å². The number of carbonyl (C=O) groups excluding carboxylic acids is 1. The number of rotatable bonds is 5. The second-order valence-electron chi connectivity index (χ2n) is 7.76. The second-order valence-corrected chi connectivity index (χ2v) is 13.4. The average molecular weight is 269 g/mol. The summed E-state index contributed by atoms with van der Waals surface area (Å²) in [5.74, 6) is 1.21. The van der Waals surface area contributed by atoms with Gasteiger partial charge in [0.05, 0.1) is 8.07 Å². The van der Waals surface area contributed by atoms with E-state index in [0.717, 1.165) is 18.4 Å². The lowest BCUT2D eigenvalue weighted by atomic mass is 9.99. The van der Waals surface area contributed by atoms with Crippen molar-refractivity contribution in [3.63, 3.8) is 0 Å². The van der Waals surface area contributed by atoms with Crippen molar-refractivity contribution >= 4 is 13.9 Å². The number of hydrogen-bond donors (Lipinski definition) is 0. The zero-order valence-corrected chi connectivity index (χ0v) is 14.3. The van der Waals surface area contributed by atoms with Crippen LogP contribution in [0.25, 0.3) is 0 Å². The Labute approximate surface area is 115 Å². The summed E-state index contributed by atoms with van der Waals surface area (Å²) in [7, 11) is -1.32. The SMILES string of the molecule is CCCCC(C1CCC(=O)C1)[Si](C)(C)C(C)(C)C. The molecule has 1 nitrogen and oxygen atoms in total. The maximum absolute atomic E-state index is 11.6. The molecule has 0 heterocycles. The highest BCUT2D eigenvalue weighted by Crippen LogP contribution is 2.51. The van der Waals surface area contributed by atoms with Crippen LogP contribution in [0.15, 0.2) is 0 Å². The van der Waals surface area contributed by atoms with Crippen LogP contribution >= 0.6 is 0 Å². The molecule has 0 amide bonds. The minimum absolute atomic E-state index is 0.442. The first kappa shape index (κ1) is 15.9. The van der Waals surface area contributed by atoms with Crippen LogP contribution in [-0.2, 0) is 4.79 Å². The van der Waals surface area contributed by atoms with Gasteiger partial charge in [-0.15, -0.1) is 0 Å². The minimum atomic E-state index is -1.32. The van der Waals surface area contributed by atoms with Crippen molar-refractivity contribution < 1.29 is 4.79 Å².